The maximum Gasteiger partial charge on any atom is 0.103 e. The van der Waals surface area contributed by atoms with E-state index in [9.17, 15) is 0 Å². The van der Waals surface area contributed by atoms with Gasteiger partial charge in [0.1, 0.15) is 6.07 Å². The summed E-state index contributed by atoms with van der Waals surface area (Å²) in [5, 5.41) is 12.8. The Morgan fingerprint density at radius 1 is 1.17 bits per heavy atom. The Kier molecular flexibility index (Phi) is 3.90. The third-order valence-electron chi connectivity index (χ3n) is 2.59. The van der Waals surface area contributed by atoms with E-state index in [1.165, 1.54) is 0 Å². The molecule has 2 nitrogen and oxygen atoms in total. The van der Waals surface area contributed by atoms with Crippen molar-refractivity contribution in [2.75, 3.05) is 5.32 Å². The lowest BCUT2D eigenvalue weighted by Gasteiger charge is -2.12. The Bertz CT molecular complexity index is 632. The predicted molar refractivity (Wildman–Crippen MR) is 78.3 cm³/mol. The SMILES string of the molecule is Cc1cccc(Nc2cccc(Cl)c2C#N)c1Br. The van der Waals surface area contributed by atoms with Crippen LogP contribution < -0.4 is 5.32 Å². The first-order valence-corrected chi connectivity index (χ1v) is 6.51. The van der Waals surface area contributed by atoms with Gasteiger partial charge in [-0.25, -0.2) is 0 Å². The zero-order valence-electron chi connectivity index (χ0n) is 9.67. The molecule has 90 valence electrons. The van der Waals surface area contributed by atoms with Gasteiger partial charge in [0.15, 0.2) is 0 Å². The fraction of sp³-hybridized carbons (Fsp3) is 0.0714. The summed E-state index contributed by atoms with van der Waals surface area (Å²) in [7, 11) is 0. The molecule has 0 amide bonds. The van der Waals surface area contributed by atoms with Crippen LogP contribution in [-0.4, -0.2) is 0 Å². The van der Waals surface area contributed by atoms with E-state index >= 15 is 0 Å². The second-order valence-corrected chi connectivity index (χ2v) is 5.04. The van der Waals surface area contributed by atoms with Crippen LogP contribution in [0.1, 0.15) is 11.1 Å². The maximum atomic E-state index is 9.12. The van der Waals surface area contributed by atoms with E-state index in [1.54, 1.807) is 6.07 Å². The molecule has 4 heteroatoms. The van der Waals surface area contributed by atoms with Crippen LogP contribution >= 0.6 is 27.5 Å². The molecule has 0 spiro atoms. The average Bonchev–Trinajstić information content (AvgIpc) is 2.35. The van der Waals surface area contributed by atoms with Crippen LogP contribution in [0.25, 0.3) is 0 Å². The standard InChI is InChI=1S/C14H10BrClN2/c1-9-4-2-7-13(14(9)15)18-12-6-3-5-11(16)10(12)8-17/h2-7,18H,1H3. The highest BCUT2D eigenvalue weighted by Crippen LogP contribution is 2.31. The fourth-order valence-corrected chi connectivity index (χ4v) is 2.21. The number of hydrogen-bond donors (Lipinski definition) is 1. The molecule has 0 aliphatic carbocycles. The Labute approximate surface area is 119 Å². The molecule has 0 saturated heterocycles. The molecule has 0 unspecified atom stereocenters. The van der Waals surface area contributed by atoms with Gasteiger partial charge in [-0.1, -0.05) is 29.8 Å². The average molecular weight is 322 g/mol. The molecule has 0 fully saturated rings. The highest BCUT2D eigenvalue weighted by Gasteiger charge is 2.08. The molecule has 2 aromatic carbocycles. The van der Waals surface area contributed by atoms with Gasteiger partial charge in [0.25, 0.3) is 0 Å². The number of rotatable bonds is 2. The van der Waals surface area contributed by atoms with Crippen LogP contribution in [0.2, 0.25) is 5.02 Å². The normalized spacial score (nSPS) is 9.89. The number of nitrogens with one attached hydrogen (secondary N) is 1. The molecule has 0 atom stereocenters. The van der Waals surface area contributed by atoms with E-state index in [4.69, 9.17) is 16.9 Å². The largest absolute Gasteiger partial charge is 0.353 e. The topological polar surface area (TPSA) is 35.8 Å². The van der Waals surface area contributed by atoms with E-state index in [-0.39, 0.29) is 0 Å². The number of benzene rings is 2. The molecule has 0 heterocycles. The second-order valence-electron chi connectivity index (χ2n) is 3.84. The summed E-state index contributed by atoms with van der Waals surface area (Å²) < 4.78 is 0.980. The highest BCUT2D eigenvalue weighted by molar-refractivity contribution is 9.10. The van der Waals surface area contributed by atoms with Crippen LogP contribution in [0.4, 0.5) is 11.4 Å². The molecule has 0 bridgehead atoms. The van der Waals surface area contributed by atoms with Crippen LogP contribution in [0, 0.1) is 18.3 Å². The lowest BCUT2D eigenvalue weighted by atomic mass is 10.1. The third kappa shape index (κ3) is 2.50. The Morgan fingerprint density at radius 2 is 1.83 bits per heavy atom. The highest BCUT2D eigenvalue weighted by atomic mass is 79.9. The first kappa shape index (κ1) is 12.9. The summed E-state index contributed by atoms with van der Waals surface area (Å²) in [4.78, 5) is 0. The van der Waals surface area contributed by atoms with Crippen molar-refractivity contribution < 1.29 is 0 Å². The number of aryl methyl sites for hydroxylation is 1. The van der Waals surface area contributed by atoms with Crippen LogP contribution in [0.3, 0.4) is 0 Å². The molecule has 0 radical (unpaired) electrons. The lowest BCUT2D eigenvalue weighted by Crippen LogP contribution is -1.95. The minimum atomic E-state index is 0.450. The molecule has 0 aliphatic rings. The van der Waals surface area contributed by atoms with Crippen LogP contribution in [0.5, 0.6) is 0 Å². The molecule has 0 saturated carbocycles. The van der Waals surface area contributed by atoms with Gasteiger partial charge in [-0.3, -0.25) is 0 Å². The lowest BCUT2D eigenvalue weighted by molar-refractivity contribution is 1.40. The van der Waals surface area contributed by atoms with Gasteiger partial charge < -0.3 is 5.32 Å². The van der Waals surface area contributed by atoms with E-state index in [2.05, 4.69) is 27.3 Å². The summed E-state index contributed by atoms with van der Waals surface area (Å²) >= 11 is 9.52. The van der Waals surface area contributed by atoms with E-state index in [1.807, 2.05) is 37.3 Å². The molecular formula is C14H10BrClN2. The zero-order valence-corrected chi connectivity index (χ0v) is 12.0. The monoisotopic (exact) mass is 320 g/mol. The number of nitriles is 1. The van der Waals surface area contributed by atoms with Crippen molar-refractivity contribution in [1.82, 2.24) is 0 Å². The maximum absolute atomic E-state index is 9.12. The van der Waals surface area contributed by atoms with Crippen molar-refractivity contribution >= 4 is 38.9 Å². The number of anilines is 2. The Balaban J connectivity index is 2.44. The van der Waals surface area contributed by atoms with Gasteiger partial charge in [-0.05, 0) is 46.6 Å². The number of halogens is 2. The van der Waals surface area contributed by atoms with Crippen molar-refractivity contribution in [1.29, 1.82) is 5.26 Å². The molecule has 2 rings (SSSR count). The Hall–Kier alpha value is -1.50. The van der Waals surface area contributed by atoms with Gasteiger partial charge >= 0.3 is 0 Å². The van der Waals surface area contributed by atoms with Gasteiger partial charge in [0.05, 0.1) is 22.0 Å². The fourth-order valence-electron chi connectivity index (χ4n) is 1.63. The van der Waals surface area contributed by atoms with Gasteiger partial charge in [0, 0.05) is 4.47 Å². The van der Waals surface area contributed by atoms with Crippen LogP contribution in [-0.2, 0) is 0 Å². The molecule has 18 heavy (non-hydrogen) atoms. The first-order valence-electron chi connectivity index (χ1n) is 5.34. The summed E-state index contributed by atoms with van der Waals surface area (Å²) in [6, 6.07) is 13.4. The second kappa shape index (κ2) is 5.43. The molecule has 0 aromatic heterocycles. The van der Waals surface area contributed by atoms with E-state index < -0.39 is 0 Å². The number of hydrogen-bond acceptors (Lipinski definition) is 2. The number of nitrogens with zero attached hydrogens (tertiary/aromatic N) is 1. The van der Waals surface area contributed by atoms with Crippen molar-refractivity contribution in [3.05, 3.63) is 57.0 Å². The minimum Gasteiger partial charge on any atom is -0.353 e. The Morgan fingerprint density at radius 3 is 2.56 bits per heavy atom. The van der Waals surface area contributed by atoms with E-state index in [0.717, 1.165) is 15.7 Å². The third-order valence-corrected chi connectivity index (χ3v) is 3.95. The van der Waals surface area contributed by atoms with Gasteiger partial charge in [0.2, 0.25) is 0 Å². The molecular weight excluding hydrogens is 312 g/mol. The summed E-state index contributed by atoms with van der Waals surface area (Å²) in [6.07, 6.45) is 0. The van der Waals surface area contributed by atoms with Crippen molar-refractivity contribution in [2.24, 2.45) is 0 Å². The molecule has 1 N–H and O–H groups in total. The van der Waals surface area contributed by atoms with Crippen molar-refractivity contribution in [2.45, 2.75) is 6.92 Å². The van der Waals surface area contributed by atoms with Gasteiger partial charge in [-0.2, -0.15) is 5.26 Å². The smallest absolute Gasteiger partial charge is 0.103 e. The minimum absolute atomic E-state index is 0.450. The summed E-state index contributed by atoms with van der Waals surface area (Å²) in [5.41, 5.74) is 3.19. The molecule has 0 aliphatic heterocycles. The van der Waals surface area contributed by atoms with E-state index in [0.29, 0.717) is 16.3 Å². The van der Waals surface area contributed by atoms with Gasteiger partial charge in [-0.15, -0.1) is 0 Å². The summed E-state index contributed by atoms with van der Waals surface area (Å²) in [6.45, 7) is 2.01. The first-order chi connectivity index (χ1) is 8.63. The van der Waals surface area contributed by atoms with Crippen LogP contribution in [0.15, 0.2) is 40.9 Å². The zero-order chi connectivity index (χ0) is 13.1. The molecule has 2 aromatic rings. The summed E-state index contributed by atoms with van der Waals surface area (Å²) in [5.74, 6) is 0. The van der Waals surface area contributed by atoms with Crippen molar-refractivity contribution in [3.8, 4) is 6.07 Å². The predicted octanol–water partition coefficient (Wildman–Crippen LogP) is 5.03. The quantitative estimate of drug-likeness (QED) is 0.842. The van der Waals surface area contributed by atoms with Crippen molar-refractivity contribution in [3.63, 3.8) is 0 Å².